The van der Waals surface area contributed by atoms with E-state index in [0.717, 1.165) is 25.3 Å². The van der Waals surface area contributed by atoms with Crippen LogP contribution in [0.3, 0.4) is 0 Å². The van der Waals surface area contributed by atoms with Gasteiger partial charge in [-0.15, -0.1) is 0 Å². The van der Waals surface area contributed by atoms with Gasteiger partial charge >= 0.3 is 0 Å². The van der Waals surface area contributed by atoms with Crippen LogP contribution in [0.4, 0.5) is 0 Å². The van der Waals surface area contributed by atoms with Crippen LogP contribution in [-0.2, 0) is 0 Å². The Bertz CT molecular complexity index is 167. The Balaban J connectivity index is 2.39. The summed E-state index contributed by atoms with van der Waals surface area (Å²) in [6, 6.07) is 0.427. The van der Waals surface area contributed by atoms with Gasteiger partial charge in [-0.05, 0) is 31.6 Å². The second kappa shape index (κ2) is 5.10. The third-order valence-electron chi connectivity index (χ3n) is 3.35. The van der Waals surface area contributed by atoms with Gasteiger partial charge in [0.15, 0.2) is 0 Å². The molecule has 3 nitrogen and oxygen atoms in total. The van der Waals surface area contributed by atoms with E-state index in [1.807, 2.05) is 0 Å². The van der Waals surface area contributed by atoms with Gasteiger partial charge in [-0.25, -0.2) is 0 Å². The zero-order valence-corrected chi connectivity index (χ0v) is 9.42. The first kappa shape index (κ1) is 12.0. The van der Waals surface area contributed by atoms with E-state index in [1.54, 1.807) is 0 Å². The minimum Gasteiger partial charge on any atom is -0.396 e. The van der Waals surface area contributed by atoms with Gasteiger partial charge in [0.2, 0.25) is 0 Å². The molecule has 0 aliphatic heterocycles. The first-order valence-electron chi connectivity index (χ1n) is 5.74. The van der Waals surface area contributed by atoms with Crippen molar-refractivity contribution in [2.24, 2.45) is 11.7 Å². The van der Waals surface area contributed by atoms with Crippen LogP contribution in [-0.4, -0.2) is 29.8 Å². The van der Waals surface area contributed by atoms with Crippen molar-refractivity contribution in [2.45, 2.75) is 51.1 Å². The first-order valence-corrected chi connectivity index (χ1v) is 5.74. The number of hydrogen-bond acceptors (Lipinski definition) is 3. The largest absolute Gasteiger partial charge is 0.396 e. The number of hydrogen-bond donors (Lipinski definition) is 3. The topological polar surface area (TPSA) is 58.3 Å². The molecule has 0 radical (unpaired) electrons. The number of nitrogens with one attached hydrogen (secondary N) is 1. The van der Waals surface area contributed by atoms with Crippen molar-refractivity contribution in [1.82, 2.24) is 5.32 Å². The Morgan fingerprint density at radius 2 is 2.21 bits per heavy atom. The molecule has 14 heavy (non-hydrogen) atoms. The van der Waals surface area contributed by atoms with Crippen LogP contribution < -0.4 is 11.1 Å². The summed E-state index contributed by atoms with van der Waals surface area (Å²) < 4.78 is 0. The van der Waals surface area contributed by atoms with Crippen LogP contribution in [0.15, 0.2) is 0 Å². The molecule has 1 aliphatic carbocycles. The summed E-state index contributed by atoms with van der Waals surface area (Å²) in [5.41, 5.74) is 5.98. The Kier molecular flexibility index (Phi) is 4.35. The van der Waals surface area contributed by atoms with E-state index in [-0.39, 0.29) is 12.1 Å². The summed E-state index contributed by atoms with van der Waals surface area (Å²) in [4.78, 5) is 0. The molecule has 0 amide bonds. The van der Waals surface area contributed by atoms with E-state index in [1.165, 1.54) is 12.8 Å². The van der Waals surface area contributed by atoms with Crippen molar-refractivity contribution in [2.75, 3.05) is 13.2 Å². The second-order valence-electron chi connectivity index (χ2n) is 4.76. The van der Waals surface area contributed by atoms with Crippen molar-refractivity contribution in [1.29, 1.82) is 0 Å². The third-order valence-corrected chi connectivity index (χ3v) is 3.35. The Hall–Kier alpha value is -0.120. The molecule has 0 aromatic heterocycles. The van der Waals surface area contributed by atoms with Gasteiger partial charge in [-0.3, -0.25) is 0 Å². The van der Waals surface area contributed by atoms with Gasteiger partial charge in [0.05, 0.1) is 0 Å². The fraction of sp³-hybridized carbons (Fsp3) is 1.00. The van der Waals surface area contributed by atoms with Gasteiger partial charge < -0.3 is 16.2 Å². The highest BCUT2D eigenvalue weighted by atomic mass is 16.3. The molecular formula is C11H24N2O. The molecule has 4 N–H and O–H groups in total. The van der Waals surface area contributed by atoms with Gasteiger partial charge in [0, 0.05) is 24.7 Å². The summed E-state index contributed by atoms with van der Waals surface area (Å²) in [6.07, 6.45) is 4.28. The molecule has 1 atom stereocenters. The van der Waals surface area contributed by atoms with Crippen molar-refractivity contribution in [3.05, 3.63) is 0 Å². The minimum atomic E-state index is 0.176. The lowest BCUT2D eigenvalue weighted by Crippen LogP contribution is -2.62. The molecule has 1 rings (SSSR count). The zero-order chi connectivity index (χ0) is 10.6. The van der Waals surface area contributed by atoms with Crippen molar-refractivity contribution in [3.8, 4) is 0 Å². The number of rotatable bonds is 6. The van der Waals surface area contributed by atoms with E-state index >= 15 is 0 Å². The molecule has 0 bridgehead atoms. The molecule has 1 unspecified atom stereocenters. The van der Waals surface area contributed by atoms with E-state index in [0.29, 0.717) is 6.04 Å². The summed E-state index contributed by atoms with van der Waals surface area (Å²) in [5, 5.41) is 12.5. The normalized spacial score (nSPS) is 33.9. The standard InChI is InChI=1S/C11H24N2O/c1-3-10(4-5-14)13-11(8-12)6-9(2)7-11/h9-10,13-14H,3-8,12H2,1-2H3. The summed E-state index contributed by atoms with van der Waals surface area (Å²) in [6.45, 7) is 5.41. The fourth-order valence-electron chi connectivity index (χ4n) is 2.58. The zero-order valence-electron chi connectivity index (χ0n) is 9.42. The molecule has 3 heteroatoms. The molecule has 84 valence electrons. The number of aliphatic hydroxyl groups excluding tert-OH is 1. The van der Waals surface area contributed by atoms with Gasteiger partial charge in [-0.2, -0.15) is 0 Å². The molecule has 1 aliphatic rings. The van der Waals surface area contributed by atoms with Crippen LogP contribution in [0.2, 0.25) is 0 Å². The van der Waals surface area contributed by atoms with E-state index in [4.69, 9.17) is 10.8 Å². The van der Waals surface area contributed by atoms with E-state index in [9.17, 15) is 0 Å². The summed E-state index contributed by atoms with van der Waals surface area (Å²) >= 11 is 0. The van der Waals surface area contributed by atoms with Crippen molar-refractivity contribution >= 4 is 0 Å². The monoisotopic (exact) mass is 200 g/mol. The quantitative estimate of drug-likeness (QED) is 0.596. The molecule has 1 fully saturated rings. The number of nitrogens with two attached hydrogens (primary N) is 1. The predicted octanol–water partition coefficient (Wildman–Crippen LogP) is 0.864. The highest BCUT2D eigenvalue weighted by molar-refractivity contribution is 5.01. The van der Waals surface area contributed by atoms with Crippen LogP contribution in [0.25, 0.3) is 0 Å². The lowest BCUT2D eigenvalue weighted by Gasteiger charge is -2.48. The van der Waals surface area contributed by atoms with E-state index < -0.39 is 0 Å². The molecule has 0 aromatic rings. The van der Waals surface area contributed by atoms with Crippen LogP contribution in [0, 0.1) is 5.92 Å². The minimum absolute atomic E-state index is 0.176. The maximum atomic E-state index is 8.91. The molecule has 0 spiro atoms. The molecule has 0 saturated heterocycles. The van der Waals surface area contributed by atoms with Crippen molar-refractivity contribution in [3.63, 3.8) is 0 Å². The molecule has 0 aromatic carbocycles. The lowest BCUT2D eigenvalue weighted by molar-refractivity contribution is 0.100. The van der Waals surface area contributed by atoms with Gasteiger partial charge in [0.1, 0.15) is 0 Å². The van der Waals surface area contributed by atoms with Crippen molar-refractivity contribution < 1.29 is 5.11 Å². The average Bonchev–Trinajstić information content (AvgIpc) is 2.14. The highest BCUT2D eigenvalue weighted by Crippen LogP contribution is 2.37. The maximum absolute atomic E-state index is 8.91. The summed E-state index contributed by atoms with van der Waals surface area (Å²) in [5.74, 6) is 0.803. The lowest BCUT2D eigenvalue weighted by atomic mass is 9.68. The molecule has 1 saturated carbocycles. The van der Waals surface area contributed by atoms with Crippen LogP contribution in [0.5, 0.6) is 0 Å². The van der Waals surface area contributed by atoms with E-state index in [2.05, 4.69) is 19.2 Å². The third kappa shape index (κ3) is 2.69. The maximum Gasteiger partial charge on any atom is 0.0445 e. The van der Waals surface area contributed by atoms with Gasteiger partial charge in [0.25, 0.3) is 0 Å². The smallest absolute Gasteiger partial charge is 0.0445 e. The van der Waals surface area contributed by atoms with Gasteiger partial charge in [-0.1, -0.05) is 13.8 Å². The fourth-order valence-corrected chi connectivity index (χ4v) is 2.58. The highest BCUT2D eigenvalue weighted by Gasteiger charge is 2.41. The van der Waals surface area contributed by atoms with Crippen LogP contribution >= 0.6 is 0 Å². The second-order valence-corrected chi connectivity index (χ2v) is 4.76. The predicted molar refractivity (Wildman–Crippen MR) is 59.1 cm³/mol. The Labute approximate surface area is 87.1 Å². The Morgan fingerprint density at radius 1 is 1.57 bits per heavy atom. The molecule has 0 heterocycles. The number of aliphatic hydroxyl groups is 1. The SMILES string of the molecule is CCC(CCO)NC1(CN)CC(C)C1. The summed E-state index contributed by atoms with van der Waals surface area (Å²) in [7, 11) is 0. The Morgan fingerprint density at radius 3 is 2.57 bits per heavy atom. The molecular weight excluding hydrogens is 176 g/mol. The average molecular weight is 200 g/mol. The first-order chi connectivity index (χ1) is 6.65. The van der Waals surface area contributed by atoms with Crippen LogP contribution in [0.1, 0.15) is 39.5 Å².